The van der Waals surface area contributed by atoms with Crippen molar-refractivity contribution in [2.75, 3.05) is 47.6 Å². The first-order valence-corrected chi connectivity index (χ1v) is 10.9. The lowest BCUT2D eigenvalue weighted by molar-refractivity contribution is 0.0513. The van der Waals surface area contributed by atoms with Gasteiger partial charge in [-0.05, 0) is 61.1 Å². The van der Waals surface area contributed by atoms with E-state index in [1.165, 1.54) is 11.1 Å². The molecule has 0 aromatic heterocycles. The summed E-state index contributed by atoms with van der Waals surface area (Å²) in [6.07, 6.45) is 2.85. The summed E-state index contributed by atoms with van der Waals surface area (Å²) in [5.74, 6) is 2.63. The second kappa shape index (κ2) is 12.9. The van der Waals surface area contributed by atoms with Crippen LogP contribution >= 0.6 is 24.0 Å². The first-order chi connectivity index (χ1) is 15.1. The quantitative estimate of drug-likeness (QED) is 0.293. The van der Waals surface area contributed by atoms with Crippen molar-refractivity contribution >= 4 is 29.9 Å². The fourth-order valence-electron chi connectivity index (χ4n) is 4.09. The Balaban J connectivity index is 0.00000363. The molecule has 3 rings (SSSR count). The monoisotopic (exact) mass is 553 g/mol. The molecular weight excluding hydrogens is 517 g/mol. The van der Waals surface area contributed by atoms with Crippen molar-refractivity contribution in [2.24, 2.45) is 4.99 Å². The third-order valence-electron chi connectivity index (χ3n) is 6.15. The maximum absolute atomic E-state index is 5.66. The Morgan fingerprint density at radius 1 is 1.03 bits per heavy atom. The van der Waals surface area contributed by atoms with Crippen molar-refractivity contribution in [3.8, 4) is 11.5 Å². The van der Waals surface area contributed by atoms with Crippen LogP contribution in [0.15, 0.2) is 47.5 Å². The van der Waals surface area contributed by atoms with E-state index in [0.717, 1.165) is 68.6 Å². The molecule has 0 amide bonds. The second-order valence-corrected chi connectivity index (χ2v) is 8.03. The Labute approximate surface area is 209 Å². The summed E-state index contributed by atoms with van der Waals surface area (Å²) >= 11 is 0. The molecule has 2 aromatic carbocycles. The van der Waals surface area contributed by atoms with Gasteiger partial charge in [-0.25, -0.2) is 0 Å². The largest absolute Gasteiger partial charge is 0.497 e. The van der Waals surface area contributed by atoms with Crippen LogP contribution in [0, 0.1) is 6.92 Å². The normalized spacial score (nSPS) is 15.4. The highest BCUT2D eigenvalue weighted by atomic mass is 127. The number of aryl methyl sites for hydroxylation is 1. The molecule has 2 aromatic rings. The third kappa shape index (κ3) is 6.75. The molecule has 1 aliphatic heterocycles. The molecule has 7 heteroatoms. The SMILES string of the molecule is CN=C(NCCc1ccc(C)c(OC)c1)NCC1(c2ccc(OC)cc2)CCOCC1.I. The van der Waals surface area contributed by atoms with E-state index in [0.29, 0.717) is 0 Å². The van der Waals surface area contributed by atoms with Gasteiger partial charge in [0.1, 0.15) is 11.5 Å². The molecule has 2 N–H and O–H groups in total. The molecule has 1 aliphatic rings. The molecule has 1 saturated heterocycles. The van der Waals surface area contributed by atoms with Crippen molar-refractivity contribution in [3.63, 3.8) is 0 Å². The fourth-order valence-corrected chi connectivity index (χ4v) is 4.09. The fraction of sp³-hybridized carbons (Fsp3) is 0.480. The number of benzene rings is 2. The first kappa shape index (κ1) is 26.3. The van der Waals surface area contributed by atoms with Gasteiger partial charge >= 0.3 is 0 Å². The minimum atomic E-state index is 0. The Kier molecular flexibility index (Phi) is 10.6. The van der Waals surface area contributed by atoms with E-state index in [9.17, 15) is 0 Å². The zero-order chi connectivity index (χ0) is 22.1. The molecule has 0 bridgehead atoms. The molecule has 0 spiro atoms. The van der Waals surface area contributed by atoms with Crippen LogP contribution in [0.1, 0.15) is 29.5 Å². The molecule has 0 aliphatic carbocycles. The maximum Gasteiger partial charge on any atom is 0.191 e. The molecule has 1 heterocycles. The van der Waals surface area contributed by atoms with Gasteiger partial charge in [-0.2, -0.15) is 0 Å². The van der Waals surface area contributed by atoms with E-state index >= 15 is 0 Å². The van der Waals surface area contributed by atoms with Crippen molar-refractivity contribution in [1.29, 1.82) is 0 Å². The van der Waals surface area contributed by atoms with E-state index < -0.39 is 0 Å². The second-order valence-electron chi connectivity index (χ2n) is 8.03. The molecule has 6 nitrogen and oxygen atoms in total. The number of hydrogen-bond donors (Lipinski definition) is 2. The van der Waals surface area contributed by atoms with Crippen LogP contribution in [-0.4, -0.2) is 53.5 Å². The zero-order valence-corrected chi connectivity index (χ0v) is 21.9. The molecule has 1 fully saturated rings. The number of methoxy groups -OCH3 is 2. The van der Waals surface area contributed by atoms with Gasteiger partial charge in [-0.15, -0.1) is 24.0 Å². The van der Waals surface area contributed by atoms with Gasteiger partial charge in [-0.1, -0.05) is 24.3 Å². The van der Waals surface area contributed by atoms with Crippen LogP contribution in [-0.2, 0) is 16.6 Å². The Morgan fingerprint density at radius 3 is 2.38 bits per heavy atom. The highest BCUT2D eigenvalue weighted by Gasteiger charge is 2.34. The van der Waals surface area contributed by atoms with Crippen molar-refractivity contribution < 1.29 is 14.2 Å². The zero-order valence-electron chi connectivity index (χ0n) is 19.6. The molecule has 32 heavy (non-hydrogen) atoms. The Morgan fingerprint density at radius 2 is 1.75 bits per heavy atom. The number of aliphatic imine (C=N–C) groups is 1. The summed E-state index contributed by atoms with van der Waals surface area (Å²) in [5, 5.41) is 7.00. The van der Waals surface area contributed by atoms with E-state index in [-0.39, 0.29) is 29.4 Å². The number of ether oxygens (including phenoxy) is 3. The lowest BCUT2D eigenvalue weighted by Gasteiger charge is -2.38. The number of guanidine groups is 1. The summed E-state index contributed by atoms with van der Waals surface area (Å²) in [6.45, 7) is 5.21. The van der Waals surface area contributed by atoms with Gasteiger partial charge in [0, 0.05) is 38.8 Å². The van der Waals surface area contributed by atoms with Crippen LogP contribution in [0.4, 0.5) is 0 Å². The van der Waals surface area contributed by atoms with Crippen molar-refractivity contribution in [3.05, 3.63) is 59.2 Å². The standard InChI is InChI=1S/C25H35N3O3.HI/c1-19-5-6-20(17-23(19)30-4)11-14-27-24(26-2)28-18-25(12-15-31-16-13-25)21-7-9-22(29-3)10-8-21;/h5-10,17H,11-16,18H2,1-4H3,(H2,26,27,28);1H. The lowest BCUT2D eigenvalue weighted by Crippen LogP contribution is -2.48. The molecule has 0 atom stereocenters. The lowest BCUT2D eigenvalue weighted by atomic mass is 9.74. The number of halogens is 1. The van der Waals surface area contributed by atoms with Crippen LogP contribution in [0.2, 0.25) is 0 Å². The molecule has 0 saturated carbocycles. The summed E-state index contributed by atoms with van der Waals surface area (Å²) in [4.78, 5) is 4.42. The Bertz CT molecular complexity index is 865. The number of hydrogen-bond acceptors (Lipinski definition) is 4. The molecule has 0 radical (unpaired) electrons. The van der Waals surface area contributed by atoms with Gasteiger partial charge in [0.05, 0.1) is 14.2 Å². The minimum absolute atomic E-state index is 0. The van der Waals surface area contributed by atoms with Gasteiger partial charge in [0.15, 0.2) is 5.96 Å². The van der Waals surface area contributed by atoms with Crippen LogP contribution < -0.4 is 20.1 Å². The van der Waals surface area contributed by atoms with Gasteiger partial charge in [0.25, 0.3) is 0 Å². The predicted octanol–water partition coefficient (Wildman–Crippen LogP) is 4.09. The summed E-state index contributed by atoms with van der Waals surface area (Å²) in [6, 6.07) is 14.8. The summed E-state index contributed by atoms with van der Waals surface area (Å²) < 4.78 is 16.4. The van der Waals surface area contributed by atoms with Crippen LogP contribution in [0.5, 0.6) is 11.5 Å². The summed E-state index contributed by atoms with van der Waals surface area (Å²) in [5.41, 5.74) is 3.72. The van der Waals surface area contributed by atoms with Crippen molar-refractivity contribution in [1.82, 2.24) is 10.6 Å². The average Bonchev–Trinajstić information content (AvgIpc) is 2.83. The minimum Gasteiger partial charge on any atom is -0.497 e. The molecular formula is C25H36IN3O3. The number of rotatable bonds is 8. The van der Waals surface area contributed by atoms with Gasteiger partial charge in [0.2, 0.25) is 0 Å². The van der Waals surface area contributed by atoms with Crippen LogP contribution in [0.3, 0.4) is 0 Å². The highest BCUT2D eigenvalue weighted by Crippen LogP contribution is 2.35. The van der Waals surface area contributed by atoms with Gasteiger partial charge in [-0.3, -0.25) is 4.99 Å². The third-order valence-corrected chi connectivity index (χ3v) is 6.15. The van der Waals surface area contributed by atoms with Gasteiger partial charge < -0.3 is 24.8 Å². The smallest absolute Gasteiger partial charge is 0.191 e. The molecule has 0 unspecified atom stereocenters. The number of nitrogens with one attached hydrogen (secondary N) is 2. The maximum atomic E-state index is 5.66. The summed E-state index contributed by atoms with van der Waals surface area (Å²) in [7, 11) is 5.22. The first-order valence-electron chi connectivity index (χ1n) is 10.9. The van der Waals surface area contributed by atoms with E-state index in [1.807, 2.05) is 19.2 Å². The van der Waals surface area contributed by atoms with E-state index in [1.54, 1.807) is 14.2 Å². The average molecular weight is 553 g/mol. The molecule has 176 valence electrons. The van der Waals surface area contributed by atoms with Crippen molar-refractivity contribution in [2.45, 2.75) is 31.6 Å². The highest BCUT2D eigenvalue weighted by molar-refractivity contribution is 14.0. The Hall–Kier alpha value is -2.00. The van der Waals surface area contributed by atoms with E-state index in [2.05, 4.69) is 52.9 Å². The predicted molar refractivity (Wildman–Crippen MR) is 141 cm³/mol. The van der Waals surface area contributed by atoms with E-state index in [4.69, 9.17) is 14.2 Å². The van der Waals surface area contributed by atoms with Crippen LogP contribution in [0.25, 0.3) is 0 Å². The number of nitrogens with zero attached hydrogens (tertiary/aromatic N) is 1. The topological polar surface area (TPSA) is 64.1 Å².